The molecule has 13 heavy (non-hydrogen) atoms. The topological polar surface area (TPSA) is 35.2 Å². The standard InChI is InChI=1S/C9H11BrFNO/c1-5(12)6-3-7(10)8(11)4-9(6)13-2/h3-5H,12H2,1-2H3/t5-/m1/s1. The van der Waals surface area contributed by atoms with Crippen molar-refractivity contribution in [3.63, 3.8) is 0 Å². The van der Waals surface area contributed by atoms with Crippen LogP contribution in [0.3, 0.4) is 0 Å². The number of hydrogen-bond acceptors (Lipinski definition) is 2. The largest absolute Gasteiger partial charge is 0.496 e. The summed E-state index contributed by atoms with van der Waals surface area (Å²) in [6.07, 6.45) is 0. The number of benzene rings is 1. The van der Waals surface area contributed by atoms with Gasteiger partial charge in [-0.1, -0.05) is 0 Å². The van der Waals surface area contributed by atoms with Crippen LogP contribution in [0.2, 0.25) is 0 Å². The quantitative estimate of drug-likeness (QED) is 0.873. The molecule has 0 saturated carbocycles. The number of halogens is 2. The van der Waals surface area contributed by atoms with Crippen molar-refractivity contribution in [2.45, 2.75) is 13.0 Å². The number of methoxy groups -OCH3 is 1. The lowest BCUT2D eigenvalue weighted by atomic mass is 10.1. The Bertz CT molecular complexity index is 315. The van der Waals surface area contributed by atoms with Crippen LogP contribution >= 0.6 is 15.9 Å². The Morgan fingerprint density at radius 3 is 2.62 bits per heavy atom. The first kappa shape index (κ1) is 10.5. The molecule has 0 unspecified atom stereocenters. The highest BCUT2D eigenvalue weighted by atomic mass is 79.9. The molecule has 1 rings (SSSR count). The average Bonchev–Trinajstić information content (AvgIpc) is 2.08. The molecule has 4 heteroatoms. The maximum absolute atomic E-state index is 13.0. The fourth-order valence-corrected chi connectivity index (χ4v) is 1.44. The zero-order chi connectivity index (χ0) is 10.0. The van der Waals surface area contributed by atoms with E-state index in [9.17, 15) is 4.39 Å². The zero-order valence-electron chi connectivity index (χ0n) is 7.47. The first-order valence-electron chi connectivity index (χ1n) is 3.84. The summed E-state index contributed by atoms with van der Waals surface area (Å²) in [4.78, 5) is 0. The summed E-state index contributed by atoms with van der Waals surface area (Å²) in [5.41, 5.74) is 6.47. The second kappa shape index (κ2) is 4.07. The molecule has 0 saturated heterocycles. The van der Waals surface area contributed by atoms with Crippen molar-refractivity contribution in [3.05, 3.63) is 28.0 Å². The van der Waals surface area contributed by atoms with Crippen molar-refractivity contribution >= 4 is 15.9 Å². The summed E-state index contributed by atoms with van der Waals surface area (Å²) >= 11 is 3.09. The molecule has 0 aliphatic carbocycles. The summed E-state index contributed by atoms with van der Waals surface area (Å²) in [5, 5.41) is 0. The molecule has 0 fully saturated rings. The minimum absolute atomic E-state index is 0.174. The summed E-state index contributed by atoms with van der Waals surface area (Å²) < 4.78 is 18.4. The third-order valence-corrected chi connectivity index (χ3v) is 2.37. The summed E-state index contributed by atoms with van der Waals surface area (Å²) in [5.74, 6) is 0.136. The van der Waals surface area contributed by atoms with Gasteiger partial charge < -0.3 is 10.5 Å². The fraction of sp³-hybridized carbons (Fsp3) is 0.333. The van der Waals surface area contributed by atoms with Crippen molar-refractivity contribution in [3.8, 4) is 5.75 Å². The number of hydrogen-bond donors (Lipinski definition) is 1. The lowest BCUT2D eigenvalue weighted by Gasteiger charge is -2.12. The van der Waals surface area contributed by atoms with Gasteiger partial charge in [0, 0.05) is 17.7 Å². The summed E-state index contributed by atoms with van der Waals surface area (Å²) in [7, 11) is 1.49. The molecule has 0 heterocycles. The highest BCUT2D eigenvalue weighted by Crippen LogP contribution is 2.29. The number of rotatable bonds is 2. The Kier molecular flexibility index (Phi) is 3.27. The highest BCUT2D eigenvalue weighted by molar-refractivity contribution is 9.10. The van der Waals surface area contributed by atoms with E-state index < -0.39 is 0 Å². The van der Waals surface area contributed by atoms with Crippen molar-refractivity contribution in [1.29, 1.82) is 0 Å². The molecule has 0 aromatic heterocycles. The average molecular weight is 248 g/mol. The lowest BCUT2D eigenvalue weighted by Crippen LogP contribution is -2.07. The van der Waals surface area contributed by atoms with Crippen molar-refractivity contribution in [2.75, 3.05) is 7.11 Å². The first-order valence-corrected chi connectivity index (χ1v) is 4.64. The fourth-order valence-electron chi connectivity index (χ4n) is 1.08. The minimum Gasteiger partial charge on any atom is -0.496 e. The SMILES string of the molecule is COc1cc(F)c(Br)cc1[C@@H](C)N. The Hall–Kier alpha value is -0.610. The van der Waals surface area contributed by atoms with Crippen LogP contribution in [0.4, 0.5) is 4.39 Å². The second-order valence-electron chi connectivity index (χ2n) is 2.80. The van der Waals surface area contributed by atoms with Crippen molar-refractivity contribution in [1.82, 2.24) is 0 Å². The minimum atomic E-state index is -0.346. The smallest absolute Gasteiger partial charge is 0.141 e. The molecule has 2 nitrogen and oxygen atoms in total. The third kappa shape index (κ3) is 2.19. The summed E-state index contributed by atoms with van der Waals surface area (Å²) in [6.45, 7) is 1.82. The van der Waals surface area contributed by atoms with Gasteiger partial charge in [-0.15, -0.1) is 0 Å². The third-order valence-electron chi connectivity index (χ3n) is 1.76. The van der Waals surface area contributed by atoms with E-state index in [4.69, 9.17) is 10.5 Å². The van der Waals surface area contributed by atoms with Crippen LogP contribution in [-0.4, -0.2) is 7.11 Å². The molecule has 0 bridgehead atoms. The molecule has 72 valence electrons. The van der Waals surface area contributed by atoms with Gasteiger partial charge in [0.1, 0.15) is 11.6 Å². The van der Waals surface area contributed by atoms with Gasteiger partial charge in [-0.25, -0.2) is 4.39 Å². The van der Waals surface area contributed by atoms with Gasteiger partial charge in [0.15, 0.2) is 0 Å². The van der Waals surface area contributed by atoms with Crippen LogP contribution in [0.25, 0.3) is 0 Å². The number of nitrogens with two attached hydrogens (primary N) is 1. The Balaban J connectivity index is 3.25. The van der Waals surface area contributed by atoms with Gasteiger partial charge >= 0.3 is 0 Å². The van der Waals surface area contributed by atoms with Gasteiger partial charge in [0.25, 0.3) is 0 Å². The van der Waals surface area contributed by atoms with E-state index in [0.717, 1.165) is 5.56 Å². The molecule has 1 aromatic carbocycles. The van der Waals surface area contributed by atoms with Crippen LogP contribution in [-0.2, 0) is 0 Å². The van der Waals surface area contributed by atoms with E-state index in [1.54, 1.807) is 6.07 Å². The van der Waals surface area contributed by atoms with Gasteiger partial charge in [0.2, 0.25) is 0 Å². The molecule has 0 spiro atoms. The Labute approximate surface area is 85.0 Å². The molecule has 1 atom stereocenters. The lowest BCUT2D eigenvalue weighted by molar-refractivity contribution is 0.403. The van der Waals surface area contributed by atoms with Crippen molar-refractivity contribution < 1.29 is 9.13 Å². The van der Waals surface area contributed by atoms with E-state index in [1.807, 2.05) is 6.92 Å². The molecule has 2 N–H and O–H groups in total. The molecule has 0 amide bonds. The van der Waals surface area contributed by atoms with Gasteiger partial charge in [0.05, 0.1) is 11.6 Å². The van der Waals surface area contributed by atoms with E-state index in [2.05, 4.69) is 15.9 Å². The molecule has 0 aliphatic rings. The normalized spacial score (nSPS) is 12.7. The molecule has 0 radical (unpaired) electrons. The van der Waals surface area contributed by atoms with E-state index in [-0.39, 0.29) is 11.9 Å². The predicted molar refractivity (Wildman–Crippen MR) is 53.3 cm³/mol. The van der Waals surface area contributed by atoms with Gasteiger partial charge in [-0.05, 0) is 28.9 Å². The maximum atomic E-state index is 13.0. The Morgan fingerprint density at radius 2 is 2.15 bits per heavy atom. The highest BCUT2D eigenvalue weighted by Gasteiger charge is 2.11. The zero-order valence-corrected chi connectivity index (χ0v) is 9.06. The van der Waals surface area contributed by atoms with Crippen LogP contribution < -0.4 is 10.5 Å². The molecular weight excluding hydrogens is 237 g/mol. The molecule has 0 aliphatic heterocycles. The van der Waals surface area contributed by atoms with Crippen LogP contribution in [0.5, 0.6) is 5.75 Å². The summed E-state index contributed by atoms with van der Waals surface area (Å²) in [6, 6.07) is 2.79. The van der Waals surface area contributed by atoms with Crippen molar-refractivity contribution in [2.24, 2.45) is 5.73 Å². The predicted octanol–water partition coefficient (Wildman–Crippen LogP) is 2.62. The first-order chi connectivity index (χ1) is 6.06. The van der Waals surface area contributed by atoms with Crippen LogP contribution in [0.1, 0.15) is 18.5 Å². The van der Waals surface area contributed by atoms with E-state index in [1.165, 1.54) is 13.2 Å². The van der Waals surface area contributed by atoms with Crippen LogP contribution in [0.15, 0.2) is 16.6 Å². The maximum Gasteiger partial charge on any atom is 0.141 e. The molecule has 1 aromatic rings. The van der Waals surface area contributed by atoms with Gasteiger partial charge in [-0.3, -0.25) is 0 Å². The second-order valence-corrected chi connectivity index (χ2v) is 3.65. The monoisotopic (exact) mass is 247 g/mol. The van der Waals surface area contributed by atoms with E-state index in [0.29, 0.717) is 10.2 Å². The van der Waals surface area contributed by atoms with Gasteiger partial charge in [-0.2, -0.15) is 0 Å². The Morgan fingerprint density at radius 1 is 1.54 bits per heavy atom. The molecular formula is C9H11BrFNO. The number of ether oxygens (including phenoxy) is 1. The van der Waals surface area contributed by atoms with E-state index >= 15 is 0 Å². The van der Waals surface area contributed by atoms with Crippen LogP contribution in [0, 0.1) is 5.82 Å².